The van der Waals surface area contributed by atoms with Crippen molar-refractivity contribution in [1.82, 2.24) is 10.3 Å². The number of aromatic nitrogens is 1. The molecule has 0 saturated carbocycles. The standard InChI is InChI=1S/C21H22N2O5/c1-26-18-8-7-14(11-19(18)27-2)21(25)28-13-20(24)22-10-9-15-12-23-17-6-4-3-5-16(15)17/h3-8,11-12,23H,9-10,13H2,1-2H3,(H,22,24). The summed E-state index contributed by atoms with van der Waals surface area (Å²) in [6.45, 7) is 0.107. The Bertz CT molecular complexity index is 980. The number of benzene rings is 2. The third kappa shape index (κ3) is 4.43. The van der Waals surface area contributed by atoms with Crippen molar-refractivity contribution in [2.45, 2.75) is 6.42 Å². The summed E-state index contributed by atoms with van der Waals surface area (Å²) in [7, 11) is 2.99. The van der Waals surface area contributed by atoms with E-state index in [1.165, 1.54) is 20.3 Å². The number of methoxy groups -OCH3 is 2. The van der Waals surface area contributed by atoms with Crippen molar-refractivity contribution >= 4 is 22.8 Å². The van der Waals surface area contributed by atoms with E-state index in [1.807, 2.05) is 30.5 Å². The van der Waals surface area contributed by atoms with Gasteiger partial charge in [-0.1, -0.05) is 18.2 Å². The largest absolute Gasteiger partial charge is 0.493 e. The van der Waals surface area contributed by atoms with Crippen molar-refractivity contribution < 1.29 is 23.8 Å². The van der Waals surface area contributed by atoms with Crippen LogP contribution in [0.3, 0.4) is 0 Å². The lowest BCUT2D eigenvalue weighted by Crippen LogP contribution is -2.30. The molecule has 2 aromatic carbocycles. The zero-order valence-corrected chi connectivity index (χ0v) is 15.8. The van der Waals surface area contributed by atoms with Crippen molar-refractivity contribution in [1.29, 1.82) is 0 Å². The third-order valence-corrected chi connectivity index (χ3v) is 4.35. The Kier molecular flexibility index (Phi) is 6.16. The molecule has 0 aliphatic rings. The Morgan fingerprint density at radius 1 is 1.04 bits per heavy atom. The Morgan fingerprint density at radius 2 is 1.82 bits per heavy atom. The van der Waals surface area contributed by atoms with E-state index in [1.54, 1.807) is 12.1 Å². The van der Waals surface area contributed by atoms with Crippen LogP contribution in [0.1, 0.15) is 15.9 Å². The van der Waals surface area contributed by atoms with Crippen LogP contribution in [0.25, 0.3) is 10.9 Å². The summed E-state index contributed by atoms with van der Waals surface area (Å²) in [6, 6.07) is 12.7. The van der Waals surface area contributed by atoms with Gasteiger partial charge in [0, 0.05) is 23.6 Å². The van der Waals surface area contributed by atoms with Gasteiger partial charge < -0.3 is 24.5 Å². The number of aromatic amines is 1. The molecule has 7 nitrogen and oxygen atoms in total. The van der Waals surface area contributed by atoms with Crippen LogP contribution in [0.15, 0.2) is 48.7 Å². The molecule has 0 bridgehead atoms. The van der Waals surface area contributed by atoms with Crippen LogP contribution in [0.4, 0.5) is 0 Å². The van der Waals surface area contributed by atoms with E-state index in [4.69, 9.17) is 14.2 Å². The van der Waals surface area contributed by atoms with Gasteiger partial charge in [0.1, 0.15) is 0 Å². The molecule has 28 heavy (non-hydrogen) atoms. The highest BCUT2D eigenvalue weighted by Gasteiger charge is 2.13. The van der Waals surface area contributed by atoms with Gasteiger partial charge in [0.05, 0.1) is 19.8 Å². The molecular weight excluding hydrogens is 360 g/mol. The predicted octanol–water partition coefficient (Wildman–Crippen LogP) is 2.70. The number of rotatable bonds is 8. The monoisotopic (exact) mass is 382 g/mol. The van der Waals surface area contributed by atoms with Gasteiger partial charge >= 0.3 is 5.97 Å². The summed E-state index contributed by atoms with van der Waals surface area (Å²) in [5, 5.41) is 3.89. The summed E-state index contributed by atoms with van der Waals surface area (Å²) in [6.07, 6.45) is 2.62. The number of esters is 1. The highest BCUT2D eigenvalue weighted by molar-refractivity contribution is 5.92. The summed E-state index contributed by atoms with van der Waals surface area (Å²) >= 11 is 0. The maximum atomic E-state index is 12.1. The van der Waals surface area contributed by atoms with Gasteiger partial charge in [-0.3, -0.25) is 4.79 Å². The fourth-order valence-electron chi connectivity index (χ4n) is 2.90. The molecule has 146 valence electrons. The van der Waals surface area contributed by atoms with E-state index in [9.17, 15) is 9.59 Å². The molecule has 3 aromatic rings. The lowest BCUT2D eigenvalue weighted by atomic mass is 10.1. The molecule has 0 saturated heterocycles. The average molecular weight is 382 g/mol. The van der Waals surface area contributed by atoms with E-state index in [0.717, 1.165) is 16.5 Å². The molecule has 2 N–H and O–H groups in total. The molecule has 0 spiro atoms. The zero-order valence-electron chi connectivity index (χ0n) is 15.8. The number of para-hydroxylation sites is 1. The second-order valence-corrected chi connectivity index (χ2v) is 6.11. The fraction of sp³-hybridized carbons (Fsp3) is 0.238. The Balaban J connectivity index is 1.47. The molecule has 0 radical (unpaired) electrons. The predicted molar refractivity (Wildman–Crippen MR) is 105 cm³/mol. The van der Waals surface area contributed by atoms with Gasteiger partial charge in [0.15, 0.2) is 18.1 Å². The topological polar surface area (TPSA) is 89.6 Å². The quantitative estimate of drug-likeness (QED) is 0.585. The minimum absolute atomic E-state index is 0.282. The first-order valence-electron chi connectivity index (χ1n) is 8.83. The average Bonchev–Trinajstić information content (AvgIpc) is 3.14. The zero-order chi connectivity index (χ0) is 19.9. The minimum Gasteiger partial charge on any atom is -0.493 e. The number of hydrogen-bond acceptors (Lipinski definition) is 5. The second-order valence-electron chi connectivity index (χ2n) is 6.11. The van der Waals surface area contributed by atoms with Crippen LogP contribution < -0.4 is 14.8 Å². The first-order chi connectivity index (χ1) is 13.6. The summed E-state index contributed by atoms with van der Waals surface area (Å²) in [4.78, 5) is 27.3. The molecule has 0 aliphatic carbocycles. The number of fused-ring (bicyclic) bond motifs is 1. The highest BCUT2D eigenvalue weighted by Crippen LogP contribution is 2.27. The van der Waals surface area contributed by atoms with Crippen molar-refractivity contribution in [2.24, 2.45) is 0 Å². The maximum Gasteiger partial charge on any atom is 0.338 e. The van der Waals surface area contributed by atoms with Gasteiger partial charge in [-0.05, 0) is 36.2 Å². The van der Waals surface area contributed by atoms with Crippen LogP contribution in [0.2, 0.25) is 0 Å². The Hall–Kier alpha value is -3.48. The van der Waals surface area contributed by atoms with E-state index >= 15 is 0 Å². The molecule has 7 heteroatoms. The molecule has 1 aromatic heterocycles. The number of carbonyl (C=O) groups is 2. The molecule has 0 fully saturated rings. The number of carbonyl (C=O) groups excluding carboxylic acids is 2. The third-order valence-electron chi connectivity index (χ3n) is 4.35. The molecule has 3 rings (SSSR count). The van der Waals surface area contributed by atoms with E-state index < -0.39 is 5.97 Å². The normalized spacial score (nSPS) is 10.5. The second kappa shape index (κ2) is 8.94. The lowest BCUT2D eigenvalue weighted by molar-refractivity contribution is -0.124. The number of H-pyrrole nitrogens is 1. The van der Waals surface area contributed by atoms with Gasteiger partial charge in [0.25, 0.3) is 5.91 Å². The van der Waals surface area contributed by atoms with Crippen molar-refractivity contribution in [3.8, 4) is 11.5 Å². The molecule has 0 atom stereocenters. The number of ether oxygens (including phenoxy) is 3. The highest BCUT2D eigenvalue weighted by atomic mass is 16.5. The number of hydrogen-bond donors (Lipinski definition) is 2. The SMILES string of the molecule is COc1ccc(C(=O)OCC(=O)NCCc2c[nH]c3ccccc23)cc1OC. The van der Waals surface area contributed by atoms with Gasteiger partial charge in [-0.15, -0.1) is 0 Å². The van der Waals surface area contributed by atoms with Crippen molar-refractivity contribution in [3.05, 3.63) is 59.8 Å². The molecule has 0 unspecified atom stereocenters. The van der Waals surface area contributed by atoms with E-state index in [2.05, 4.69) is 10.3 Å². The summed E-state index contributed by atoms with van der Waals surface area (Å²) in [5.41, 5.74) is 2.47. The van der Waals surface area contributed by atoms with Gasteiger partial charge in [-0.2, -0.15) is 0 Å². The van der Waals surface area contributed by atoms with E-state index in [0.29, 0.717) is 24.5 Å². The van der Waals surface area contributed by atoms with Crippen molar-refractivity contribution in [3.63, 3.8) is 0 Å². The molecular formula is C21H22N2O5. The number of amides is 1. The fourth-order valence-corrected chi connectivity index (χ4v) is 2.90. The maximum absolute atomic E-state index is 12.1. The van der Waals surface area contributed by atoms with Crippen LogP contribution in [-0.4, -0.2) is 44.2 Å². The lowest BCUT2D eigenvalue weighted by Gasteiger charge is -2.10. The van der Waals surface area contributed by atoms with Crippen LogP contribution in [-0.2, 0) is 16.0 Å². The van der Waals surface area contributed by atoms with Gasteiger partial charge in [0.2, 0.25) is 0 Å². The molecule has 1 amide bonds. The first-order valence-corrected chi connectivity index (χ1v) is 8.83. The Morgan fingerprint density at radius 3 is 2.61 bits per heavy atom. The van der Waals surface area contributed by atoms with Gasteiger partial charge in [-0.25, -0.2) is 4.79 Å². The van der Waals surface area contributed by atoms with Crippen LogP contribution >= 0.6 is 0 Å². The van der Waals surface area contributed by atoms with Crippen LogP contribution in [0.5, 0.6) is 11.5 Å². The van der Waals surface area contributed by atoms with E-state index in [-0.39, 0.29) is 18.1 Å². The molecule has 1 heterocycles. The smallest absolute Gasteiger partial charge is 0.338 e. The first kappa shape index (κ1) is 19.3. The minimum atomic E-state index is -0.604. The summed E-state index contributed by atoms with van der Waals surface area (Å²) in [5.74, 6) is -0.0318. The number of nitrogens with one attached hydrogen (secondary N) is 2. The Labute approximate surface area is 162 Å². The summed E-state index contributed by atoms with van der Waals surface area (Å²) < 4.78 is 15.4. The molecule has 0 aliphatic heterocycles. The van der Waals surface area contributed by atoms with Crippen molar-refractivity contribution in [2.75, 3.05) is 27.4 Å². The van der Waals surface area contributed by atoms with Crippen LogP contribution in [0, 0.1) is 0 Å².